The van der Waals surface area contributed by atoms with Crippen molar-refractivity contribution in [1.82, 2.24) is 20.8 Å². The van der Waals surface area contributed by atoms with Crippen LogP contribution in [0.1, 0.15) is 29.6 Å². The lowest BCUT2D eigenvalue weighted by Gasteiger charge is -2.21. The van der Waals surface area contributed by atoms with E-state index in [9.17, 15) is 14.4 Å². The second kappa shape index (κ2) is 5.74. The van der Waals surface area contributed by atoms with Gasteiger partial charge in [0.25, 0.3) is 5.91 Å². The maximum atomic E-state index is 11.9. The standard InChI is InChI=1S/C10H13N5O3S/c1-2-11-10-15-14-9(19-10)8(18)12-5-3-4-6(16)13-7(5)17/h5H,2-4H2,1H3,(H,11,15)(H,12,18)(H,13,16,17). The molecule has 19 heavy (non-hydrogen) atoms. The smallest absolute Gasteiger partial charge is 0.282 e. The van der Waals surface area contributed by atoms with Crippen LogP contribution in [-0.4, -0.2) is 40.5 Å². The first-order valence-electron chi connectivity index (χ1n) is 5.82. The van der Waals surface area contributed by atoms with Gasteiger partial charge in [0.15, 0.2) is 0 Å². The molecule has 0 radical (unpaired) electrons. The minimum atomic E-state index is -0.698. The SMILES string of the molecule is CCNc1nnc(C(=O)NC2CCC(=O)NC2=O)s1. The van der Waals surface area contributed by atoms with E-state index in [1.165, 1.54) is 0 Å². The Balaban J connectivity index is 1.96. The zero-order valence-corrected chi connectivity index (χ0v) is 11.0. The molecule has 1 atom stereocenters. The van der Waals surface area contributed by atoms with E-state index in [-0.39, 0.29) is 17.3 Å². The number of carbonyl (C=O) groups is 3. The van der Waals surface area contributed by atoms with Gasteiger partial charge in [0.05, 0.1) is 0 Å². The Labute approximate surface area is 113 Å². The largest absolute Gasteiger partial charge is 0.360 e. The van der Waals surface area contributed by atoms with Crippen LogP contribution in [0.4, 0.5) is 5.13 Å². The van der Waals surface area contributed by atoms with Crippen molar-refractivity contribution in [2.24, 2.45) is 0 Å². The fourth-order valence-corrected chi connectivity index (χ4v) is 2.30. The second-order valence-electron chi connectivity index (χ2n) is 3.92. The molecule has 1 saturated heterocycles. The van der Waals surface area contributed by atoms with Gasteiger partial charge < -0.3 is 10.6 Å². The average Bonchev–Trinajstić information content (AvgIpc) is 2.82. The molecule has 1 unspecified atom stereocenters. The highest BCUT2D eigenvalue weighted by atomic mass is 32.1. The predicted molar refractivity (Wildman–Crippen MR) is 67.7 cm³/mol. The number of imide groups is 1. The molecule has 2 rings (SSSR count). The van der Waals surface area contributed by atoms with Crippen LogP contribution in [0.25, 0.3) is 0 Å². The summed E-state index contributed by atoms with van der Waals surface area (Å²) in [5.74, 6) is -1.27. The molecule has 9 heteroatoms. The van der Waals surface area contributed by atoms with Crippen molar-refractivity contribution in [3.63, 3.8) is 0 Å². The molecule has 0 saturated carbocycles. The molecule has 102 valence electrons. The first kappa shape index (κ1) is 13.4. The maximum absolute atomic E-state index is 11.9. The molecule has 0 bridgehead atoms. The van der Waals surface area contributed by atoms with Crippen LogP contribution in [0.5, 0.6) is 0 Å². The fraction of sp³-hybridized carbons (Fsp3) is 0.500. The van der Waals surface area contributed by atoms with E-state index < -0.39 is 17.9 Å². The fourth-order valence-electron chi connectivity index (χ4n) is 1.59. The first-order chi connectivity index (χ1) is 9.10. The van der Waals surface area contributed by atoms with E-state index in [2.05, 4.69) is 26.1 Å². The number of hydrogen-bond donors (Lipinski definition) is 3. The van der Waals surface area contributed by atoms with Crippen LogP contribution in [0.3, 0.4) is 0 Å². The molecular formula is C10H13N5O3S. The van der Waals surface area contributed by atoms with Crippen molar-refractivity contribution in [3.05, 3.63) is 5.01 Å². The Morgan fingerprint density at radius 3 is 2.95 bits per heavy atom. The highest BCUT2D eigenvalue weighted by Crippen LogP contribution is 2.15. The number of piperidine rings is 1. The minimum absolute atomic E-state index is 0.181. The number of rotatable bonds is 4. The van der Waals surface area contributed by atoms with Gasteiger partial charge in [-0.05, 0) is 13.3 Å². The number of anilines is 1. The molecule has 1 aromatic rings. The Bertz CT molecular complexity index is 515. The Morgan fingerprint density at radius 2 is 2.26 bits per heavy atom. The van der Waals surface area contributed by atoms with Crippen molar-refractivity contribution in [3.8, 4) is 0 Å². The molecule has 3 amide bonds. The molecule has 2 heterocycles. The van der Waals surface area contributed by atoms with Gasteiger partial charge in [0.2, 0.25) is 22.0 Å². The van der Waals surface area contributed by atoms with E-state index in [1.807, 2.05) is 6.92 Å². The van der Waals surface area contributed by atoms with Gasteiger partial charge in [-0.25, -0.2) is 0 Å². The number of nitrogens with zero attached hydrogens (tertiary/aromatic N) is 2. The van der Waals surface area contributed by atoms with Crippen LogP contribution in [0, 0.1) is 0 Å². The van der Waals surface area contributed by atoms with Crippen LogP contribution in [0.15, 0.2) is 0 Å². The third-order valence-electron chi connectivity index (χ3n) is 2.49. The summed E-state index contributed by atoms with van der Waals surface area (Å²) in [6, 6.07) is -0.698. The van der Waals surface area contributed by atoms with E-state index in [0.717, 1.165) is 11.3 Å². The van der Waals surface area contributed by atoms with Crippen molar-refractivity contribution in [2.75, 3.05) is 11.9 Å². The van der Waals surface area contributed by atoms with Crippen LogP contribution < -0.4 is 16.0 Å². The normalized spacial score (nSPS) is 18.9. The quantitative estimate of drug-likeness (QED) is 0.642. The highest BCUT2D eigenvalue weighted by molar-refractivity contribution is 7.17. The first-order valence-corrected chi connectivity index (χ1v) is 6.63. The molecule has 1 aliphatic heterocycles. The Morgan fingerprint density at radius 1 is 1.47 bits per heavy atom. The molecule has 1 aliphatic rings. The summed E-state index contributed by atoms with van der Waals surface area (Å²) >= 11 is 1.11. The third-order valence-corrected chi connectivity index (χ3v) is 3.37. The maximum Gasteiger partial charge on any atom is 0.282 e. The van der Waals surface area contributed by atoms with Gasteiger partial charge in [0, 0.05) is 13.0 Å². The van der Waals surface area contributed by atoms with Crippen molar-refractivity contribution < 1.29 is 14.4 Å². The number of nitrogens with one attached hydrogen (secondary N) is 3. The van der Waals surface area contributed by atoms with Gasteiger partial charge in [-0.2, -0.15) is 0 Å². The molecule has 0 aromatic carbocycles. The van der Waals surface area contributed by atoms with Gasteiger partial charge in [-0.15, -0.1) is 10.2 Å². The van der Waals surface area contributed by atoms with Crippen molar-refractivity contribution in [2.45, 2.75) is 25.8 Å². The summed E-state index contributed by atoms with van der Waals surface area (Å²) in [6.45, 7) is 2.59. The Kier molecular flexibility index (Phi) is 4.05. The van der Waals surface area contributed by atoms with Gasteiger partial charge in [-0.3, -0.25) is 19.7 Å². The average molecular weight is 283 g/mol. The number of hydrogen-bond acceptors (Lipinski definition) is 7. The lowest BCUT2D eigenvalue weighted by Crippen LogP contribution is -2.52. The molecular weight excluding hydrogens is 270 g/mol. The predicted octanol–water partition coefficient (Wildman–Crippen LogP) is -0.495. The van der Waals surface area contributed by atoms with Gasteiger partial charge >= 0.3 is 0 Å². The lowest BCUT2D eigenvalue weighted by atomic mass is 10.1. The van der Waals surface area contributed by atoms with E-state index in [1.54, 1.807) is 0 Å². The number of carbonyl (C=O) groups excluding carboxylic acids is 3. The third kappa shape index (κ3) is 3.25. The minimum Gasteiger partial charge on any atom is -0.360 e. The zero-order valence-electron chi connectivity index (χ0n) is 10.2. The molecule has 3 N–H and O–H groups in total. The summed E-state index contributed by atoms with van der Waals surface area (Å²) < 4.78 is 0. The lowest BCUT2D eigenvalue weighted by molar-refractivity contribution is -0.134. The zero-order chi connectivity index (χ0) is 13.8. The van der Waals surface area contributed by atoms with Crippen LogP contribution in [0.2, 0.25) is 0 Å². The molecule has 8 nitrogen and oxygen atoms in total. The molecule has 1 fully saturated rings. The van der Waals surface area contributed by atoms with E-state index in [4.69, 9.17) is 0 Å². The van der Waals surface area contributed by atoms with Crippen molar-refractivity contribution in [1.29, 1.82) is 0 Å². The Hall–Kier alpha value is -2.03. The van der Waals surface area contributed by atoms with E-state index in [0.29, 0.717) is 18.1 Å². The van der Waals surface area contributed by atoms with Crippen LogP contribution in [-0.2, 0) is 9.59 Å². The molecule has 0 aliphatic carbocycles. The molecule has 0 spiro atoms. The summed E-state index contributed by atoms with van der Waals surface area (Å²) in [5.41, 5.74) is 0. The summed E-state index contributed by atoms with van der Waals surface area (Å²) in [5, 5.41) is 15.9. The summed E-state index contributed by atoms with van der Waals surface area (Å²) in [7, 11) is 0. The second-order valence-corrected chi connectivity index (χ2v) is 4.90. The monoisotopic (exact) mass is 283 g/mol. The molecule has 1 aromatic heterocycles. The topological polar surface area (TPSA) is 113 Å². The number of aromatic nitrogens is 2. The van der Waals surface area contributed by atoms with Crippen molar-refractivity contribution >= 4 is 34.2 Å². The highest BCUT2D eigenvalue weighted by Gasteiger charge is 2.28. The van der Waals surface area contributed by atoms with Crippen LogP contribution >= 0.6 is 11.3 Å². The van der Waals surface area contributed by atoms with E-state index >= 15 is 0 Å². The van der Waals surface area contributed by atoms with Gasteiger partial charge in [-0.1, -0.05) is 11.3 Å². The number of amides is 3. The summed E-state index contributed by atoms with van der Waals surface area (Å²) in [6.07, 6.45) is 0.519. The summed E-state index contributed by atoms with van der Waals surface area (Å²) in [4.78, 5) is 34.3. The van der Waals surface area contributed by atoms with Gasteiger partial charge in [0.1, 0.15) is 6.04 Å².